The molecule has 0 aromatic rings. The highest BCUT2D eigenvalue weighted by Crippen LogP contribution is 2.54. The first-order valence-corrected chi connectivity index (χ1v) is 10.2. The molecule has 3 aliphatic heterocycles. The Kier molecular flexibility index (Phi) is 4.72. The molecule has 5 unspecified atom stereocenters. The van der Waals surface area contributed by atoms with Crippen molar-refractivity contribution in [2.75, 3.05) is 13.7 Å². The molecule has 3 aliphatic rings. The van der Waals surface area contributed by atoms with Crippen LogP contribution in [0.5, 0.6) is 0 Å². The second-order valence-corrected chi connectivity index (χ2v) is 9.04. The number of ether oxygens (including phenoxy) is 2. The van der Waals surface area contributed by atoms with Crippen molar-refractivity contribution < 1.29 is 33.0 Å². The normalized spacial score (nSPS) is 41.1. The highest BCUT2D eigenvalue weighted by Gasteiger charge is 2.64. The molecule has 0 aromatic carbocycles. The second-order valence-electron chi connectivity index (χ2n) is 6.15. The third-order valence-electron chi connectivity index (χ3n) is 4.79. The lowest BCUT2D eigenvalue weighted by atomic mass is 9.90. The molecule has 8 nitrogen and oxygen atoms in total. The lowest BCUT2D eigenvalue weighted by Gasteiger charge is -2.33. The molecular formula is C14H20NO7PS. The van der Waals surface area contributed by atoms with Crippen LogP contribution in [-0.2, 0) is 39.9 Å². The number of hydrogen-bond acceptors (Lipinski definition) is 7. The average molecular weight is 377 g/mol. The Bertz CT molecular complexity index is 653. The molecule has 10 heteroatoms. The molecule has 0 radical (unpaired) electrons. The molecule has 2 fully saturated rings. The number of amides is 2. The zero-order valence-electron chi connectivity index (χ0n) is 13.6. The third-order valence-corrected chi connectivity index (χ3v) is 6.45. The fourth-order valence-corrected chi connectivity index (χ4v) is 4.34. The predicted octanol–water partition coefficient (Wildman–Crippen LogP) is 0.400. The van der Waals surface area contributed by atoms with E-state index in [-0.39, 0.29) is 6.61 Å². The minimum absolute atomic E-state index is 0.282. The highest BCUT2D eigenvalue weighted by atomic mass is 32.5. The number of nitrogens with one attached hydrogen (secondary N) is 1. The van der Waals surface area contributed by atoms with E-state index in [2.05, 4.69) is 5.32 Å². The van der Waals surface area contributed by atoms with E-state index in [1.807, 2.05) is 6.92 Å². The van der Waals surface area contributed by atoms with Crippen molar-refractivity contribution >= 4 is 30.3 Å². The molecule has 3 heterocycles. The monoisotopic (exact) mass is 377 g/mol. The topological polar surface area (TPSA) is 103 Å². The van der Waals surface area contributed by atoms with E-state index in [0.717, 1.165) is 0 Å². The Morgan fingerprint density at radius 3 is 2.83 bits per heavy atom. The van der Waals surface area contributed by atoms with Crippen LogP contribution in [0.3, 0.4) is 0 Å². The van der Waals surface area contributed by atoms with Gasteiger partial charge in [-0.1, -0.05) is 13.0 Å². The Hall–Kier alpha value is -0.670. The van der Waals surface area contributed by atoms with E-state index in [9.17, 15) is 14.5 Å². The summed E-state index contributed by atoms with van der Waals surface area (Å²) in [5, 5.41) is 2.31. The summed E-state index contributed by atoms with van der Waals surface area (Å²) in [6.45, 7) is 0.405. The van der Waals surface area contributed by atoms with E-state index >= 15 is 0 Å². The van der Waals surface area contributed by atoms with Crippen LogP contribution in [0.4, 0.5) is 0 Å². The number of fused-ring (bicyclic) bond motifs is 2. The number of carbonyl (C=O) groups is 2. The maximum atomic E-state index is 12.2. The molecule has 24 heavy (non-hydrogen) atoms. The van der Waals surface area contributed by atoms with Gasteiger partial charge in [-0.15, -0.1) is 0 Å². The molecule has 2 saturated heterocycles. The lowest BCUT2D eigenvalue weighted by molar-refractivity contribution is -0.166. The van der Waals surface area contributed by atoms with Crippen LogP contribution in [0.2, 0.25) is 0 Å². The summed E-state index contributed by atoms with van der Waals surface area (Å²) in [6.07, 6.45) is 0.296. The van der Waals surface area contributed by atoms with Crippen LogP contribution in [0, 0.1) is 5.92 Å². The number of carbonyl (C=O) groups excluding carboxylic acids is 2. The Morgan fingerprint density at radius 2 is 2.21 bits per heavy atom. The molecule has 2 N–H and O–H groups in total. The van der Waals surface area contributed by atoms with Crippen molar-refractivity contribution in [3.63, 3.8) is 0 Å². The largest absolute Gasteiger partial charge is 0.370 e. The molecule has 0 saturated carbocycles. The van der Waals surface area contributed by atoms with Crippen LogP contribution < -0.4 is 5.32 Å². The average Bonchev–Trinajstić information content (AvgIpc) is 3.03. The van der Waals surface area contributed by atoms with Gasteiger partial charge in [0.05, 0.1) is 12.5 Å². The second kappa shape index (κ2) is 6.25. The van der Waals surface area contributed by atoms with Gasteiger partial charge in [0.25, 0.3) is 5.91 Å². The van der Waals surface area contributed by atoms with Gasteiger partial charge in [0.2, 0.25) is 5.91 Å². The van der Waals surface area contributed by atoms with Gasteiger partial charge in [-0.05, 0) is 25.2 Å². The van der Waals surface area contributed by atoms with Crippen LogP contribution >= 0.6 is 6.72 Å². The summed E-state index contributed by atoms with van der Waals surface area (Å²) < 4.78 is 22.4. The summed E-state index contributed by atoms with van der Waals surface area (Å²) in [6, 6.07) is 0. The fraction of sp³-hybridized carbons (Fsp3) is 0.714. The van der Waals surface area contributed by atoms with Crippen LogP contribution in [-0.4, -0.2) is 54.3 Å². The first kappa shape index (κ1) is 18.1. The molecule has 134 valence electrons. The van der Waals surface area contributed by atoms with Crippen molar-refractivity contribution in [3.05, 3.63) is 11.6 Å². The summed E-state index contributed by atoms with van der Waals surface area (Å²) in [5.74, 6) is -1.53. The molecule has 2 bridgehead atoms. The standard InChI is InChI=1S/C14H20NO7PS/c1-4-14-6-20-10(11(14)22-23(18,24)19-3)9(21-14)8-5-7(2)12(16)15-13(8)17/h5,8-11H,4,6H2,1-3H3,(H,18,24)(H,15,16,17)/t8?,9?,10?,11-,14?,23?/m1/s1. The number of imide groups is 1. The fourth-order valence-electron chi connectivity index (χ4n) is 3.38. The maximum absolute atomic E-state index is 12.2. The van der Waals surface area contributed by atoms with Crippen molar-refractivity contribution in [2.24, 2.45) is 5.92 Å². The molecule has 0 aromatic heterocycles. The van der Waals surface area contributed by atoms with Gasteiger partial charge < -0.3 is 18.9 Å². The molecule has 0 spiro atoms. The van der Waals surface area contributed by atoms with E-state index in [1.165, 1.54) is 7.11 Å². The summed E-state index contributed by atoms with van der Waals surface area (Å²) in [4.78, 5) is 33.8. The van der Waals surface area contributed by atoms with Crippen molar-refractivity contribution in [1.82, 2.24) is 5.32 Å². The van der Waals surface area contributed by atoms with Crippen molar-refractivity contribution in [2.45, 2.75) is 44.2 Å². The van der Waals surface area contributed by atoms with Crippen LogP contribution in [0.15, 0.2) is 11.6 Å². The summed E-state index contributed by atoms with van der Waals surface area (Å²) >= 11 is 4.94. The quantitative estimate of drug-likeness (QED) is 0.524. The van der Waals surface area contributed by atoms with Gasteiger partial charge >= 0.3 is 6.72 Å². The highest BCUT2D eigenvalue weighted by molar-refractivity contribution is 8.07. The zero-order valence-corrected chi connectivity index (χ0v) is 15.3. The van der Waals surface area contributed by atoms with E-state index in [0.29, 0.717) is 12.0 Å². The van der Waals surface area contributed by atoms with Gasteiger partial charge in [0.1, 0.15) is 23.9 Å². The Morgan fingerprint density at radius 1 is 1.50 bits per heavy atom. The third kappa shape index (κ3) is 2.88. The minimum Gasteiger partial charge on any atom is -0.370 e. The van der Waals surface area contributed by atoms with Crippen LogP contribution in [0.25, 0.3) is 0 Å². The van der Waals surface area contributed by atoms with E-state index in [1.54, 1.807) is 13.0 Å². The predicted molar refractivity (Wildman–Crippen MR) is 86.4 cm³/mol. The van der Waals surface area contributed by atoms with Gasteiger partial charge in [0.15, 0.2) is 0 Å². The summed E-state index contributed by atoms with van der Waals surface area (Å²) in [5.41, 5.74) is -0.359. The maximum Gasteiger partial charge on any atom is 0.324 e. The Balaban J connectivity index is 1.90. The van der Waals surface area contributed by atoms with E-state index in [4.69, 9.17) is 30.3 Å². The molecule has 3 rings (SSSR count). The first-order chi connectivity index (χ1) is 11.2. The van der Waals surface area contributed by atoms with Crippen molar-refractivity contribution in [3.8, 4) is 0 Å². The van der Waals surface area contributed by atoms with Gasteiger partial charge in [-0.25, -0.2) is 0 Å². The smallest absolute Gasteiger partial charge is 0.324 e. The first-order valence-electron chi connectivity index (χ1n) is 7.63. The van der Waals surface area contributed by atoms with Gasteiger partial charge in [0, 0.05) is 12.7 Å². The number of rotatable bonds is 5. The van der Waals surface area contributed by atoms with E-state index < -0.39 is 48.4 Å². The Labute approximate surface area is 144 Å². The lowest BCUT2D eigenvalue weighted by Crippen LogP contribution is -2.49. The SMILES string of the molecule is CCC12COC(C(C3C=C(C)C(=O)NC3=O)O1)[C@H]2OP(O)(=S)OC. The zero-order chi connectivity index (χ0) is 17.7. The molecule has 2 amide bonds. The number of hydrogen-bond donors (Lipinski definition) is 2. The molecular weight excluding hydrogens is 357 g/mol. The summed E-state index contributed by atoms with van der Waals surface area (Å²) in [7, 11) is 1.28. The molecule has 0 aliphatic carbocycles. The minimum atomic E-state index is -3.41. The van der Waals surface area contributed by atoms with Crippen LogP contribution in [0.1, 0.15) is 20.3 Å². The van der Waals surface area contributed by atoms with Gasteiger partial charge in [-0.3, -0.25) is 19.4 Å². The van der Waals surface area contributed by atoms with Gasteiger partial charge in [-0.2, -0.15) is 0 Å². The molecule has 6 atom stereocenters. The van der Waals surface area contributed by atoms with Crippen molar-refractivity contribution in [1.29, 1.82) is 0 Å².